The highest BCUT2D eigenvalue weighted by molar-refractivity contribution is 5.83. The molecule has 0 aromatic carbocycles. The number of piperidine rings is 2. The number of carbonyl (C=O) groups is 2. The fourth-order valence-corrected chi connectivity index (χ4v) is 6.93. The molecule has 4 aliphatic rings. The lowest BCUT2D eigenvalue weighted by Crippen LogP contribution is -2.62. The molecule has 2 amide bonds. The summed E-state index contributed by atoms with van der Waals surface area (Å²) in [6.45, 7) is 12.3. The summed E-state index contributed by atoms with van der Waals surface area (Å²) < 4.78 is 0. The van der Waals surface area contributed by atoms with Gasteiger partial charge in [-0.3, -0.25) is 20.3 Å². The molecule has 4 N–H and O–H groups in total. The summed E-state index contributed by atoms with van der Waals surface area (Å²) in [5, 5.41) is 12.6. The normalized spacial score (nSPS) is 43.1. The van der Waals surface area contributed by atoms with E-state index in [1.807, 2.05) is 0 Å². The minimum Gasteiger partial charge on any atom is -0.355 e. The monoisotopic (exact) mass is 447 g/mol. The molecule has 0 aromatic heterocycles. The second-order valence-electron chi connectivity index (χ2n) is 11.6. The average molecular weight is 448 g/mol. The van der Waals surface area contributed by atoms with Gasteiger partial charge in [0.25, 0.3) is 0 Å². The van der Waals surface area contributed by atoms with Crippen molar-refractivity contribution in [1.29, 1.82) is 0 Å². The van der Waals surface area contributed by atoms with Crippen LogP contribution in [0.4, 0.5) is 0 Å². The first kappa shape index (κ1) is 24.0. The van der Waals surface area contributed by atoms with Gasteiger partial charge in [-0.25, -0.2) is 5.01 Å². The number of hydrazine groups is 1. The summed E-state index contributed by atoms with van der Waals surface area (Å²) in [6.07, 6.45) is 7.23. The van der Waals surface area contributed by atoms with E-state index < -0.39 is 0 Å². The van der Waals surface area contributed by atoms with Crippen LogP contribution in [0.2, 0.25) is 0 Å². The van der Waals surface area contributed by atoms with Crippen LogP contribution in [0.15, 0.2) is 0 Å². The number of hydrogen-bond acceptors (Lipinski definition) is 5. The number of hydrogen-bond donors (Lipinski definition) is 4. The molecule has 0 bridgehead atoms. The molecule has 4 fully saturated rings. The van der Waals surface area contributed by atoms with Crippen LogP contribution in [0, 0.1) is 35.5 Å². The van der Waals surface area contributed by atoms with Gasteiger partial charge in [0.05, 0.1) is 12.1 Å². The maximum absolute atomic E-state index is 13.5. The Kier molecular flexibility index (Phi) is 7.47. The highest BCUT2D eigenvalue weighted by atomic mass is 16.2. The van der Waals surface area contributed by atoms with E-state index in [1.165, 1.54) is 25.7 Å². The predicted octanol–water partition coefficient (Wildman–Crippen LogP) is 2.24. The Hall–Kier alpha value is -1.18. The third-order valence-electron chi connectivity index (χ3n) is 8.70. The van der Waals surface area contributed by atoms with Gasteiger partial charge in [0, 0.05) is 43.1 Å². The maximum atomic E-state index is 13.5. The highest BCUT2D eigenvalue weighted by Crippen LogP contribution is 2.39. The van der Waals surface area contributed by atoms with Crippen LogP contribution in [-0.4, -0.2) is 54.2 Å². The predicted molar refractivity (Wildman–Crippen MR) is 126 cm³/mol. The second kappa shape index (κ2) is 9.98. The molecule has 1 aliphatic carbocycles. The topological polar surface area (TPSA) is 85.5 Å². The van der Waals surface area contributed by atoms with Crippen molar-refractivity contribution in [3.8, 4) is 0 Å². The van der Waals surface area contributed by atoms with Crippen LogP contribution in [0.5, 0.6) is 0 Å². The van der Waals surface area contributed by atoms with Crippen molar-refractivity contribution in [3.05, 3.63) is 0 Å². The van der Waals surface area contributed by atoms with Gasteiger partial charge in [-0.05, 0) is 64.2 Å². The van der Waals surface area contributed by atoms with E-state index >= 15 is 0 Å². The van der Waals surface area contributed by atoms with E-state index in [-0.39, 0.29) is 41.8 Å². The summed E-state index contributed by atoms with van der Waals surface area (Å²) in [4.78, 5) is 26.0. The molecule has 3 heterocycles. The summed E-state index contributed by atoms with van der Waals surface area (Å²) in [6, 6.07) is 0.979. The molecule has 32 heavy (non-hydrogen) atoms. The van der Waals surface area contributed by atoms with Gasteiger partial charge in [-0.2, -0.15) is 0 Å². The van der Waals surface area contributed by atoms with E-state index in [2.05, 4.69) is 61.0 Å². The maximum Gasteiger partial charge on any atom is 0.225 e. The fraction of sp³-hybridized carbons (Fsp3) is 0.920. The van der Waals surface area contributed by atoms with Crippen LogP contribution in [0.1, 0.15) is 73.1 Å². The Bertz CT molecular complexity index is 685. The molecule has 3 aliphatic heterocycles. The van der Waals surface area contributed by atoms with Crippen LogP contribution < -0.4 is 21.4 Å². The Morgan fingerprint density at radius 2 is 1.94 bits per heavy atom. The van der Waals surface area contributed by atoms with Crippen molar-refractivity contribution in [2.45, 2.75) is 97.4 Å². The summed E-state index contributed by atoms with van der Waals surface area (Å²) in [5.74, 6) is 2.06. The molecule has 3 saturated heterocycles. The summed E-state index contributed by atoms with van der Waals surface area (Å²) in [5.41, 5.74) is 3.57. The van der Waals surface area contributed by atoms with E-state index in [0.717, 1.165) is 25.3 Å². The number of fused-ring (bicyclic) bond motifs is 1. The number of amides is 2. The van der Waals surface area contributed by atoms with Gasteiger partial charge in [-0.1, -0.05) is 26.7 Å². The molecule has 0 spiro atoms. The van der Waals surface area contributed by atoms with E-state index in [4.69, 9.17) is 0 Å². The molecule has 7 nitrogen and oxygen atoms in total. The second-order valence-corrected chi connectivity index (χ2v) is 11.6. The fourth-order valence-electron chi connectivity index (χ4n) is 6.93. The molecule has 9 atom stereocenters. The van der Waals surface area contributed by atoms with Crippen molar-refractivity contribution < 1.29 is 9.59 Å². The SMILES string of the molecule is CC1CCCC(C2CC(C(=O)NCC3C(=O)NC(C)CC3C)C3CNN(C(C)C)C3N2)C1. The molecule has 182 valence electrons. The Morgan fingerprint density at radius 1 is 1.16 bits per heavy atom. The minimum atomic E-state index is -0.128. The molecule has 7 heteroatoms. The third-order valence-corrected chi connectivity index (χ3v) is 8.70. The van der Waals surface area contributed by atoms with Crippen LogP contribution >= 0.6 is 0 Å². The van der Waals surface area contributed by atoms with Gasteiger partial charge >= 0.3 is 0 Å². The quantitative estimate of drug-likeness (QED) is 0.519. The van der Waals surface area contributed by atoms with Gasteiger partial charge in [0.2, 0.25) is 11.8 Å². The molecule has 4 rings (SSSR count). The van der Waals surface area contributed by atoms with Crippen molar-refractivity contribution >= 4 is 11.8 Å². The van der Waals surface area contributed by atoms with E-state index in [9.17, 15) is 9.59 Å². The zero-order valence-corrected chi connectivity index (χ0v) is 20.7. The standard InChI is InChI=1S/C25H45N5O2/c1-14(2)30-23-21(13-27-30)19(11-22(29-23)18-8-6-7-15(3)9-18)24(31)26-12-20-16(4)10-17(5)28-25(20)32/h14-23,27,29H,6-13H2,1-5H3,(H,26,31)(H,28,32). The molecule has 0 radical (unpaired) electrons. The Labute approximate surface area is 194 Å². The largest absolute Gasteiger partial charge is 0.355 e. The van der Waals surface area contributed by atoms with Gasteiger partial charge in [0.15, 0.2) is 0 Å². The molecule has 1 saturated carbocycles. The number of rotatable bonds is 5. The zero-order valence-electron chi connectivity index (χ0n) is 20.7. The van der Waals surface area contributed by atoms with Crippen LogP contribution in [0.3, 0.4) is 0 Å². The number of nitrogens with one attached hydrogen (secondary N) is 4. The van der Waals surface area contributed by atoms with Crippen molar-refractivity contribution in [2.24, 2.45) is 35.5 Å². The van der Waals surface area contributed by atoms with Crippen LogP contribution in [0.25, 0.3) is 0 Å². The number of carbonyl (C=O) groups excluding carboxylic acids is 2. The van der Waals surface area contributed by atoms with Crippen molar-refractivity contribution in [3.63, 3.8) is 0 Å². The zero-order chi connectivity index (χ0) is 23.0. The van der Waals surface area contributed by atoms with Crippen LogP contribution in [-0.2, 0) is 9.59 Å². The number of nitrogens with zero attached hydrogens (tertiary/aromatic N) is 1. The summed E-state index contributed by atoms with van der Waals surface area (Å²) >= 11 is 0. The van der Waals surface area contributed by atoms with E-state index in [1.54, 1.807) is 0 Å². The van der Waals surface area contributed by atoms with E-state index in [0.29, 0.717) is 30.5 Å². The highest BCUT2D eigenvalue weighted by Gasteiger charge is 2.49. The van der Waals surface area contributed by atoms with Gasteiger partial charge in [0.1, 0.15) is 0 Å². The first-order valence-electron chi connectivity index (χ1n) is 13.1. The van der Waals surface area contributed by atoms with Gasteiger partial charge in [-0.15, -0.1) is 0 Å². The lowest BCUT2D eigenvalue weighted by molar-refractivity contribution is -0.132. The molecular formula is C25H45N5O2. The van der Waals surface area contributed by atoms with Crippen molar-refractivity contribution in [1.82, 2.24) is 26.4 Å². The Morgan fingerprint density at radius 3 is 2.62 bits per heavy atom. The Balaban J connectivity index is 1.45. The average Bonchev–Trinajstić information content (AvgIpc) is 3.16. The lowest BCUT2D eigenvalue weighted by atomic mass is 9.71. The lowest BCUT2D eigenvalue weighted by Gasteiger charge is -2.46. The molecule has 0 aromatic rings. The van der Waals surface area contributed by atoms with Crippen molar-refractivity contribution in [2.75, 3.05) is 13.1 Å². The third kappa shape index (κ3) is 5.00. The molecule has 9 unspecified atom stereocenters. The first-order valence-corrected chi connectivity index (χ1v) is 13.1. The minimum absolute atomic E-state index is 0.0133. The van der Waals surface area contributed by atoms with Gasteiger partial charge < -0.3 is 10.6 Å². The smallest absolute Gasteiger partial charge is 0.225 e. The first-order chi connectivity index (χ1) is 15.2. The summed E-state index contributed by atoms with van der Waals surface area (Å²) in [7, 11) is 0. The molecular weight excluding hydrogens is 402 g/mol.